The van der Waals surface area contributed by atoms with E-state index < -0.39 is 0 Å². The molecule has 0 radical (unpaired) electrons. The lowest BCUT2D eigenvalue weighted by atomic mass is 10.1. The van der Waals surface area contributed by atoms with Crippen LogP contribution in [0.2, 0.25) is 0 Å². The molecule has 0 atom stereocenters. The summed E-state index contributed by atoms with van der Waals surface area (Å²) in [5.74, 6) is -0.121. The van der Waals surface area contributed by atoms with Crippen LogP contribution in [0.1, 0.15) is 21.5 Å². The molecule has 0 aliphatic carbocycles. The Balaban J connectivity index is 2.21. The first-order valence-corrected chi connectivity index (χ1v) is 6.19. The molecular formula is C13H13NO2S. The third kappa shape index (κ3) is 2.72. The van der Waals surface area contributed by atoms with Gasteiger partial charge in [0.15, 0.2) is 0 Å². The average molecular weight is 247 g/mol. The quantitative estimate of drug-likeness (QED) is 0.876. The Morgan fingerprint density at radius 1 is 1.41 bits per heavy atom. The molecule has 2 N–H and O–H groups in total. The number of aryl methyl sites for hydroxylation is 1. The number of hydrogen-bond acceptors (Lipinski definition) is 3. The first-order chi connectivity index (χ1) is 8.20. The summed E-state index contributed by atoms with van der Waals surface area (Å²) in [6.45, 7) is 1.89. The van der Waals surface area contributed by atoms with Crippen LogP contribution in [-0.4, -0.2) is 11.0 Å². The smallest absolute Gasteiger partial charge is 0.256 e. The van der Waals surface area contributed by atoms with Gasteiger partial charge in [-0.2, -0.15) is 11.3 Å². The first-order valence-electron chi connectivity index (χ1n) is 5.24. The van der Waals surface area contributed by atoms with Gasteiger partial charge < -0.3 is 10.4 Å². The van der Waals surface area contributed by atoms with E-state index in [1.807, 2.05) is 24.4 Å². The molecule has 88 valence electrons. The van der Waals surface area contributed by atoms with Crippen molar-refractivity contribution < 1.29 is 9.90 Å². The molecule has 0 fully saturated rings. The zero-order chi connectivity index (χ0) is 12.3. The SMILES string of the molecule is Cc1ccc(CO)cc1NC(=O)c1ccsc1. The van der Waals surface area contributed by atoms with Crippen molar-refractivity contribution in [3.8, 4) is 0 Å². The fourth-order valence-corrected chi connectivity index (χ4v) is 2.13. The van der Waals surface area contributed by atoms with Gasteiger partial charge in [0.25, 0.3) is 5.91 Å². The molecule has 1 heterocycles. The van der Waals surface area contributed by atoms with Crippen molar-refractivity contribution >= 4 is 22.9 Å². The highest BCUT2D eigenvalue weighted by molar-refractivity contribution is 7.08. The van der Waals surface area contributed by atoms with E-state index in [4.69, 9.17) is 5.11 Å². The van der Waals surface area contributed by atoms with E-state index in [1.54, 1.807) is 17.5 Å². The number of benzene rings is 1. The van der Waals surface area contributed by atoms with Crippen molar-refractivity contribution in [2.45, 2.75) is 13.5 Å². The van der Waals surface area contributed by atoms with Crippen molar-refractivity contribution in [3.63, 3.8) is 0 Å². The number of nitrogens with one attached hydrogen (secondary N) is 1. The molecule has 0 saturated carbocycles. The molecule has 0 spiro atoms. The zero-order valence-electron chi connectivity index (χ0n) is 9.43. The Hall–Kier alpha value is -1.65. The van der Waals surface area contributed by atoms with Gasteiger partial charge in [0.2, 0.25) is 0 Å². The molecule has 0 aliphatic rings. The fraction of sp³-hybridized carbons (Fsp3) is 0.154. The highest BCUT2D eigenvalue weighted by Gasteiger charge is 2.08. The molecule has 4 heteroatoms. The lowest BCUT2D eigenvalue weighted by Crippen LogP contribution is -2.12. The van der Waals surface area contributed by atoms with Crippen LogP contribution in [0.15, 0.2) is 35.0 Å². The number of aliphatic hydroxyl groups is 1. The highest BCUT2D eigenvalue weighted by atomic mass is 32.1. The van der Waals surface area contributed by atoms with Gasteiger partial charge in [0.05, 0.1) is 12.2 Å². The van der Waals surface area contributed by atoms with Crippen LogP contribution in [0.4, 0.5) is 5.69 Å². The normalized spacial score (nSPS) is 10.2. The monoisotopic (exact) mass is 247 g/mol. The van der Waals surface area contributed by atoms with Crippen molar-refractivity contribution in [2.75, 3.05) is 5.32 Å². The summed E-state index contributed by atoms with van der Waals surface area (Å²) in [5, 5.41) is 15.6. The summed E-state index contributed by atoms with van der Waals surface area (Å²) in [6, 6.07) is 7.30. The van der Waals surface area contributed by atoms with Crippen LogP contribution in [0.25, 0.3) is 0 Å². The van der Waals surface area contributed by atoms with E-state index in [1.165, 1.54) is 11.3 Å². The Labute approximate surface area is 104 Å². The zero-order valence-corrected chi connectivity index (χ0v) is 10.3. The third-order valence-corrected chi connectivity index (χ3v) is 3.20. The Bertz CT molecular complexity index is 520. The number of anilines is 1. The minimum Gasteiger partial charge on any atom is -0.392 e. The second kappa shape index (κ2) is 5.12. The van der Waals surface area contributed by atoms with Gasteiger partial charge in [-0.1, -0.05) is 12.1 Å². The number of carbonyl (C=O) groups excluding carboxylic acids is 1. The predicted octanol–water partition coefficient (Wildman–Crippen LogP) is 2.80. The summed E-state index contributed by atoms with van der Waals surface area (Å²) in [6.07, 6.45) is 0. The van der Waals surface area contributed by atoms with Crippen LogP contribution >= 0.6 is 11.3 Å². The topological polar surface area (TPSA) is 49.3 Å². The molecule has 0 aliphatic heterocycles. The van der Waals surface area contributed by atoms with Gasteiger partial charge in [-0.25, -0.2) is 0 Å². The van der Waals surface area contributed by atoms with E-state index in [0.29, 0.717) is 5.56 Å². The lowest BCUT2D eigenvalue weighted by molar-refractivity contribution is 0.102. The maximum atomic E-state index is 11.9. The molecular weight excluding hydrogens is 234 g/mol. The molecule has 2 rings (SSSR count). The van der Waals surface area contributed by atoms with E-state index in [0.717, 1.165) is 16.8 Å². The van der Waals surface area contributed by atoms with Gasteiger partial charge in [-0.15, -0.1) is 0 Å². The minimum atomic E-state index is -0.121. The second-order valence-corrected chi connectivity index (χ2v) is 4.55. The number of aliphatic hydroxyl groups excluding tert-OH is 1. The number of amides is 1. The minimum absolute atomic E-state index is 0.0262. The first kappa shape index (κ1) is 11.8. The summed E-state index contributed by atoms with van der Waals surface area (Å²) in [4.78, 5) is 11.9. The third-order valence-electron chi connectivity index (χ3n) is 2.52. The Morgan fingerprint density at radius 2 is 2.24 bits per heavy atom. The van der Waals surface area contributed by atoms with Crippen LogP contribution in [0.3, 0.4) is 0 Å². The number of hydrogen-bond donors (Lipinski definition) is 2. The van der Waals surface area contributed by atoms with Crippen LogP contribution in [0, 0.1) is 6.92 Å². The molecule has 0 saturated heterocycles. The van der Waals surface area contributed by atoms with E-state index in [2.05, 4.69) is 5.32 Å². The van der Waals surface area contributed by atoms with Gasteiger partial charge in [0, 0.05) is 11.1 Å². The number of thiophene rings is 1. The maximum absolute atomic E-state index is 11.9. The van der Waals surface area contributed by atoms with Crippen molar-refractivity contribution in [3.05, 3.63) is 51.7 Å². The molecule has 0 bridgehead atoms. The van der Waals surface area contributed by atoms with Crippen molar-refractivity contribution in [2.24, 2.45) is 0 Å². The molecule has 1 amide bonds. The maximum Gasteiger partial charge on any atom is 0.256 e. The molecule has 3 nitrogen and oxygen atoms in total. The summed E-state index contributed by atoms with van der Waals surface area (Å²) >= 11 is 1.49. The fourth-order valence-electron chi connectivity index (χ4n) is 1.49. The van der Waals surface area contributed by atoms with Crippen molar-refractivity contribution in [1.29, 1.82) is 0 Å². The Kier molecular flexibility index (Phi) is 3.56. The standard InChI is InChI=1S/C13H13NO2S/c1-9-2-3-10(7-15)6-12(9)14-13(16)11-4-5-17-8-11/h2-6,8,15H,7H2,1H3,(H,14,16). The van der Waals surface area contributed by atoms with Crippen LogP contribution in [-0.2, 0) is 6.61 Å². The predicted molar refractivity (Wildman–Crippen MR) is 69.4 cm³/mol. The summed E-state index contributed by atoms with van der Waals surface area (Å²) in [5.41, 5.74) is 3.17. The van der Waals surface area contributed by atoms with Crippen LogP contribution in [0.5, 0.6) is 0 Å². The summed E-state index contributed by atoms with van der Waals surface area (Å²) in [7, 11) is 0. The van der Waals surface area contributed by atoms with Crippen molar-refractivity contribution in [1.82, 2.24) is 0 Å². The average Bonchev–Trinajstić information content (AvgIpc) is 2.85. The van der Waals surface area contributed by atoms with Gasteiger partial charge in [0.1, 0.15) is 0 Å². The number of carbonyl (C=O) groups is 1. The largest absolute Gasteiger partial charge is 0.392 e. The number of rotatable bonds is 3. The molecule has 0 unspecified atom stereocenters. The Morgan fingerprint density at radius 3 is 2.88 bits per heavy atom. The molecule has 17 heavy (non-hydrogen) atoms. The molecule has 2 aromatic rings. The second-order valence-electron chi connectivity index (χ2n) is 3.77. The molecule has 1 aromatic heterocycles. The lowest BCUT2D eigenvalue weighted by Gasteiger charge is -2.09. The molecule has 1 aromatic carbocycles. The van der Waals surface area contributed by atoms with Crippen LogP contribution < -0.4 is 5.32 Å². The van der Waals surface area contributed by atoms with Gasteiger partial charge in [-0.3, -0.25) is 4.79 Å². The van der Waals surface area contributed by atoms with Gasteiger partial charge >= 0.3 is 0 Å². The van der Waals surface area contributed by atoms with E-state index >= 15 is 0 Å². The summed E-state index contributed by atoms with van der Waals surface area (Å²) < 4.78 is 0. The highest BCUT2D eigenvalue weighted by Crippen LogP contribution is 2.18. The van der Waals surface area contributed by atoms with E-state index in [-0.39, 0.29) is 12.5 Å². The van der Waals surface area contributed by atoms with Gasteiger partial charge in [-0.05, 0) is 35.6 Å². The van der Waals surface area contributed by atoms with E-state index in [9.17, 15) is 4.79 Å².